The summed E-state index contributed by atoms with van der Waals surface area (Å²) in [5.41, 5.74) is 0. The highest BCUT2D eigenvalue weighted by atomic mass is 17.2. The van der Waals surface area contributed by atoms with Crippen molar-refractivity contribution >= 4 is 11.9 Å². The van der Waals surface area contributed by atoms with Crippen LogP contribution < -0.4 is 0 Å². The fraction of sp³-hybridized carbons (Fsp3) is 0.800. The van der Waals surface area contributed by atoms with E-state index >= 15 is 0 Å². The average molecular weight is 234 g/mol. The topological polar surface area (TPSA) is 82.1 Å². The van der Waals surface area contributed by atoms with Crippen LogP contribution in [-0.4, -0.2) is 23.8 Å². The molecule has 0 aromatic heterocycles. The van der Waals surface area contributed by atoms with E-state index < -0.39 is 11.9 Å². The van der Waals surface area contributed by atoms with Crippen LogP contribution in [0.25, 0.3) is 0 Å². The highest BCUT2D eigenvalue weighted by molar-refractivity contribution is 5.74. The maximum Gasteiger partial charge on any atom is 0.358 e. The summed E-state index contributed by atoms with van der Waals surface area (Å²) in [6.45, 7) is 5.22. The molecule has 0 heterocycles. The van der Waals surface area contributed by atoms with Gasteiger partial charge < -0.3 is 0 Å². The summed E-state index contributed by atoms with van der Waals surface area (Å²) in [5.74, 6) is -1.55. The second-order valence-electron chi connectivity index (χ2n) is 3.94. The minimum absolute atomic E-state index is 0.0163. The van der Waals surface area contributed by atoms with Crippen LogP contribution in [0.1, 0.15) is 33.6 Å². The lowest BCUT2D eigenvalue weighted by Crippen LogP contribution is -2.17. The Morgan fingerprint density at radius 3 is 2.31 bits per heavy atom. The number of carbonyl (C=O) groups is 2. The summed E-state index contributed by atoms with van der Waals surface area (Å²) >= 11 is 0. The van der Waals surface area contributed by atoms with Crippen LogP contribution in [0.15, 0.2) is 0 Å². The lowest BCUT2D eigenvalue weighted by Gasteiger charge is -2.09. The quantitative estimate of drug-likeness (QED) is 0.554. The Morgan fingerprint density at radius 2 is 1.81 bits per heavy atom. The smallest absolute Gasteiger partial charge is 0.252 e. The van der Waals surface area contributed by atoms with Crippen LogP contribution in [-0.2, 0) is 24.3 Å². The Morgan fingerprint density at radius 1 is 1.19 bits per heavy atom. The molecule has 0 aromatic carbocycles. The molecule has 0 aliphatic carbocycles. The van der Waals surface area contributed by atoms with Gasteiger partial charge in [0.05, 0.1) is 18.9 Å². The second kappa shape index (κ2) is 8.06. The van der Waals surface area contributed by atoms with Gasteiger partial charge in [0.1, 0.15) is 0 Å². The van der Waals surface area contributed by atoms with Crippen molar-refractivity contribution in [2.24, 2.45) is 11.8 Å². The van der Waals surface area contributed by atoms with Gasteiger partial charge in [0.15, 0.2) is 0 Å². The van der Waals surface area contributed by atoms with Crippen LogP contribution >= 0.6 is 0 Å². The van der Waals surface area contributed by atoms with Crippen molar-refractivity contribution < 1.29 is 29.5 Å². The van der Waals surface area contributed by atoms with Crippen LogP contribution in [0.2, 0.25) is 0 Å². The van der Waals surface area contributed by atoms with E-state index in [2.05, 4.69) is 14.7 Å². The van der Waals surface area contributed by atoms with Crippen molar-refractivity contribution in [1.29, 1.82) is 0 Å². The van der Waals surface area contributed by atoms with Gasteiger partial charge >= 0.3 is 11.9 Å². The third-order valence-electron chi connectivity index (χ3n) is 1.91. The summed E-state index contributed by atoms with van der Waals surface area (Å²) in [6.07, 6.45) is 0.623. The Balaban J connectivity index is 3.69. The van der Waals surface area contributed by atoms with Gasteiger partial charge in [-0.25, -0.2) is 24.3 Å². The monoisotopic (exact) mass is 234 g/mol. The first-order chi connectivity index (χ1) is 7.47. The lowest BCUT2D eigenvalue weighted by atomic mass is 10.1. The zero-order valence-corrected chi connectivity index (χ0v) is 9.76. The van der Waals surface area contributed by atoms with Gasteiger partial charge in [-0.3, -0.25) is 5.26 Å². The van der Waals surface area contributed by atoms with Crippen molar-refractivity contribution in [2.75, 3.05) is 6.61 Å². The zero-order chi connectivity index (χ0) is 12.6. The molecule has 0 spiro atoms. The molecule has 1 N–H and O–H groups in total. The van der Waals surface area contributed by atoms with E-state index in [0.717, 1.165) is 0 Å². The molecule has 0 radical (unpaired) electrons. The minimum Gasteiger partial charge on any atom is -0.252 e. The van der Waals surface area contributed by atoms with Gasteiger partial charge in [-0.05, 0) is 12.3 Å². The fourth-order valence-corrected chi connectivity index (χ4v) is 0.858. The Bertz CT molecular complexity index is 225. The molecule has 0 bridgehead atoms. The van der Waals surface area contributed by atoms with E-state index in [-0.39, 0.29) is 24.9 Å². The Labute approximate surface area is 94.3 Å². The molecular weight excluding hydrogens is 216 g/mol. The first-order valence-electron chi connectivity index (χ1n) is 5.15. The molecule has 0 aromatic rings. The molecule has 0 rings (SSSR count). The van der Waals surface area contributed by atoms with E-state index in [4.69, 9.17) is 5.26 Å². The predicted octanol–water partition coefficient (Wildman–Crippen LogP) is 1.55. The van der Waals surface area contributed by atoms with Crippen LogP contribution in [0.4, 0.5) is 0 Å². The SMILES string of the molecule is CC(CCOO)CC(=O)OOC(=O)C(C)C. The fourth-order valence-electron chi connectivity index (χ4n) is 0.858. The van der Waals surface area contributed by atoms with Crippen molar-refractivity contribution in [3.63, 3.8) is 0 Å². The van der Waals surface area contributed by atoms with E-state index in [1.807, 2.05) is 0 Å². The summed E-state index contributed by atoms with van der Waals surface area (Å²) in [4.78, 5) is 34.6. The molecule has 6 heteroatoms. The first kappa shape index (κ1) is 14.9. The van der Waals surface area contributed by atoms with Gasteiger partial charge in [0.2, 0.25) is 0 Å². The third-order valence-corrected chi connectivity index (χ3v) is 1.91. The van der Waals surface area contributed by atoms with Crippen LogP contribution in [0.3, 0.4) is 0 Å². The van der Waals surface area contributed by atoms with Gasteiger partial charge in [-0.15, -0.1) is 0 Å². The summed E-state index contributed by atoms with van der Waals surface area (Å²) in [6, 6.07) is 0. The highest BCUT2D eigenvalue weighted by Gasteiger charge is 2.15. The molecule has 0 fully saturated rings. The van der Waals surface area contributed by atoms with Gasteiger partial charge in [-0.1, -0.05) is 20.8 Å². The third kappa shape index (κ3) is 7.19. The summed E-state index contributed by atoms with van der Waals surface area (Å²) in [5, 5.41) is 8.10. The van der Waals surface area contributed by atoms with Gasteiger partial charge in [0.25, 0.3) is 0 Å². The van der Waals surface area contributed by atoms with E-state index in [1.165, 1.54) is 0 Å². The van der Waals surface area contributed by atoms with E-state index in [9.17, 15) is 9.59 Å². The number of hydrogen-bond donors (Lipinski definition) is 1. The van der Waals surface area contributed by atoms with Crippen LogP contribution in [0, 0.1) is 11.8 Å². The zero-order valence-electron chi connectivity index (χ0n) is 9.76. The Kier molecular flexibility index (Phi) is 7.49. The average Bonchev–Trinajstić information content (AvgIpc) is 2.22. The van der Waals surface area contributed by atoms with Gasteiger partial charge in [0, 0.05) is 0 Å². The molecule has 16 heavy (non-hydrogen) atoms. The number of carbonyl (C=O) groups excluding carboxylic acids is 2. The molecular formula is C10H18O6. The number of rotatable bonds is 6. The van der Waals surface area contributed by atoms with Crippen molar-refractivity contribution in [1.82, 2.24) is 0 Å². The van der Waals surface area contributed by atoms with Crippen molar-refractivity contribution in [2.45, 2.75) is 33.6 Å². The maximum absolute atomic E-state index is 11.1. The van der Waals surface area contributed by atoms with Crippen molar-refractivity contribution in [3.8, 4) is 0 Å². The molecule has 0 aliphatic heterocycles. The maximum atomic E-state index is 11.1. The van der Waals surface area contributed by atoms with E-state index in [0.29, 0.717) is 6.42 Å². The van der Waals surface area contributed by atoms with Crippen molar-refractivity contribution in [3.05, 3.63) is 0 Å². The molecule has 0 amide bonds. The second-order valence-corrected chi connectivity index (χ2v) is 3.94. The lowest BCUT2D eigenvalue weighted by molar-refractivity contribution is -0.262. The molecule has 0 saturated heterocycles. The Hall–Kier alpha value is -1.14. The molecule has 1 atom stereocenters. The first-order valence-corrected chi connectivity index (χ1v) is 5.15. The minimum atomic E-state index is -0.612. The summed E-state index contributed by atoms with van der Waals surface area (Å²) in [7, 11) is 0. The largest absolute Gasteiger partial charge is 0.358 e. The number of hydrogen-bond acceptors (Lipinski definition) is 6. The highest BCUT2D eigenvalue weighted by Crippen LogP contribution is 2.09. The van der Waals surface area contributed by atoms with E-state index in [1.54, 1.807) is 20.8 Å². The molecule has 94 valence electrons. The molecule has 1 unspecified atom stereocenters. The molecule has 0 saturated carbocycles. The normalized spacial score (nSPS) is 12.3. The predicted molar refractivity (Wildman–Crippen MR) is 54.0 cm³/mol. The van der Waals surface area contributed by atoms with Gasteiger partial charge in [-0.2, -0.15) is 0 Å². The van der Waals surface area contributed by atoms with Crippen LogP contribution in [0.5, 0.6) is 0 Å². The summed E-state index contributed by atoms with van der Waals surface area (Å²) < 4.78 is 0. The molecule has 6 nitrogen and oxygen atoms in total. The molecule has 0 aliphatic rings. The standard InChI is InChI=1S/C10H18O6/c1-7(2)10(12)16-15-9(11)6-8(3)4-5-14-13/h7-8,13H,4-6H2,1-3H3.